The third kappa shape index (κ3) is 2.83. The van der Waals surface area contributed by atoms with Gasteiger partial charge < -0.3 is 10.7 Å². The van der Waals surface area contributed by atoms with Gasteiger partial charge in [-0.3, -0.25) is 15.6 Å². The molecular weight excluding hydrogens is 254 g/mol. The Labute approximate surface area is 107 Å². The fourth-order valence-corrected chi connectivity index (χ4v) is 1.48. The van der Waals surface area contributed by atoms with Gasteiger partial charge in [0, 0.05) is 23.6 Å². The number of anilines is 2. The quantitative estimate of drug-likeness (QED) is 0.584. The van der Waals surface area contributed by atoms with E-state index >= 15 is 0 Å². The molecule has 1 aromatic heterocycles. The second-order valence-corrected chi connectivity index (χ2v) is 3.65. The number of hydrogen-bond acceptors (Lipinski definition) is 4. The van der Waals surface area contributed by atoms with E-state index in [2.05, 4.69) is 10.3 Å². The summed E-state index contributed by atoms with van der Waals surface area (Å²) in [6.45, 7) is 0. The normalized spacial score (nSPS) is 10.1. The summed E-state index contributed by atoms with van der Waals surface area (Å²) < 4.78 is 26.9. The van der Waals surface area contributed by atoms with E-state index in [4.69, 9.17) is 5.84 Å². The number of benzene rings is 1. The average molecular weight is 264 g/mol. The van der Waals surface area contributed by atoms with E-state index < -0.39 is 23.2 Å². The van der Waals surface area contributed by atoms with E-state index in [-0.39, 0.29) is 5.56 Å². The maximum atomic E-state index is 13.4. The molecule has 0 aliphatic carbocycles. The number of nitrogens with two attached hydrogens (primary N) is 1. The first-order valence-corrected chi connectivity index (χ1v) is 5.29. The molecule has 0 spiro atoms. The lowest BCUT2D eigenvalue weighted by molar-refractivity contribution is 0.102. The Morgan fingerprint density at radius 1 is 1.16 bits per heavy atom. The van der Waals surface area contributed by atoms with E-state index in [9.17, 15) is 13.6 Å². The van der Waals surface area contributed by atoms with Gasteiger partial charge in [0.05, 0.1) is 0 Å². The summed E-state index contributed by atoms with van der Waals surface area (Å²) in [5.41, 5.74) is 1.73. The summed E-state index contributed by atoms with van der Waals surface area (Å²) in [5, 5.41) is 2.49. The average Bonchev–Trinajstić information content (AvgIpc) is 2.39. The lowest BCUT2D eigenvalue weighted by Gasteiger charge is -2.08. The van der Waals surface area contributed by atoms with Gasteiger partial charge in [0.15, 0.2) is 11.6 Å². The molecule has 0 saturated carbocycles. The molecule has 0 saturated heterocycles. The number of carbonyl (C=O) groups excluding carboxylic acids is 1. The van der Waals surface area contributed by atoms with Crippen molar-refractivity contribution in [1.29, 1.82) is 0 Å². The summed E-state index contributed by atoms with van der Waals surface area (Å²) in [7, 11) is 0. The van der Waals surface area contributed by atoms with Crippen LogP contribution in [-0.2, 0) is 0 Å². The van der Waals surface area contributed by atoms with E-state index in [0.717, 1.165) is 12.1 Å². The predicted octanol–water partition coefficient (Wildman–Crippen LogP) is 1.90. The van der Waals surface area contributed by atoms with Crippen LogP contribution < -0.4 is 16.6 Å². The van der Waals surface area contributed by atoms with E-state index in [1.165, 1.54) is 12.4 Å². The third-order valence-electron chi connectivity index (χ3n) is 2.39. The number of nitrogens with one attached hydrogen (secondary N) is 2. The Hall–Kier alpha value is -2.54. The van der Waals surface area contributed by atoms with Crippen molar-refractivity contribution in [3.05, 3.63) is 53.9 Å². The zero-order valence-corrected chi connectivity index (χ0v) is 9.65. The molecule has 1 aromatic carbocycles. The van der Waals surface area contributed by atoms with Gasteiger partial charge in [0.25, 0.3) is 5.91 Å². The summed E-state index contributed by atoms with van der Waals surface area (Å²) in [4.78, 5) is 15.6. The van der Waals surface area contributed by atoms with Crippen molar-refractivity contribution in [2.45, 2.75) is 0 Å². The number of pyridine rings is 1. The van der Waals surface area contributed by atoms with Crippen LogP contribution in [0.25, 0.3) is 0 Å². The molecule has 1 amide bonds. The first kappa shape index (κ1) is 12.9. The van der Waals surface area contributed by atoms with Gasteiger partial charge in [-0.2, -0.15) is 0 Å². The molecular formula is C12H10F2N4O. The minimum absolute atomic E-state index is 0.147. The molecule has 0 fully saturated rings. The van der Waals surface area contributed by atoms with Crippen molar-refractivity contribution >= 4 is 17.3 Å². The highest BCUT2D eigenvalue weighted by Crippen LogP contribution is 2.20. The largest absolute Gasteiger partial charge is 0.322 e. The number of carbonyl (C=O) groups is 1. The third-order valence-corrected chi connectivity index (χ3v) is 2.39. The van der Waals surface area contributed by atoms with Crippen LogP contribution in [0.1, 0.15) is 10.4 Å². The molecule has 2 aromatic rings. The first-order valence-electron chi connectivity index (χ1n) is 5.29. The number of hydrogen-bond donors (Lipinski definition) is 3. The van der Waals surface area contributed by atoms with E-state index in [1.807, 2.05) is 5.43 Å². The Bertz CT molecular complexity index is 581. The molecule has 0 atom stereocenters. The van der Waals surface area contributed by atoms with Gasteiger partial charge in [0.1, 0.15) is 5.69 Å². The molecule has 0 bridgehead atoms. The van der Waals surface area contributed by atoms with Crippen molar-refractivity contribution in [3.63, 3.8) is 0 Å². The monoisotopic (exact) mass is 264 g/mol. The highest BCUT2D eigenvalue weighted by molar-refractivity contribution is 6.04. The second-order valence-electron chi connectivity index (χ2n) is 3.65. The van der Waals surface area contributed by atoms with Crippen LogP contribution in [-0.4, -0.2) is 10.9 Å². The molecule has 1 heterocycles. The van der Waals surface area contributed by atoms with Gasteiger partial charge >= 0.3 is 0 Å². The lowest BCUT2D eigenvalue weighted by Crippen LogP contribution is -2.15. The molecule has 5 nitrogen and oxygen atoms in total. The van der Waals surface area contributed by atoms with Gasteiger partial charge in [-0.05, 0) is 24.3 Å². The summed E-state index contributed by atoms with van der Waals surface area (Å²) in [6, 6.07) is 4.91. The van der Waals surface area contributed by atoms with Crippen LogP contribution in [0.3, 0.4) is 0 Å². The van der Waals surface area contributed by atoms with Gasteiger partial charge in [-0.25, -0.2) is 8.78 Å². The van der Waals surface area contributed by atoms with Crippen LogP contribution in [0.2, 0.25) is 0 Å². The lowest BCUT2D eigenvalue weighted by atomic mass is 10.1. The number of nitrogen functional groups attached to an aromatic ring is 1. The SMILES string of the molecule is NNc1c(F)cc(C(=O)Nc2ccncc2)cc1F. The second kappa shape index (κ2) is 5.40. The fraction of sp³-hybridized carbons (Fsp3) is 0. The highest BCUT2D eigenvalue weighted by Gasteiger charge is 2.14. The highest BCUT2D eigenvalue weighted by atomic mass is 19.1. The molecule has 98 valence electrons. The maximum Gasteiger partial charge on any atom is 0.255 e. The topological polar surface area (TPSA) is 80.0 Å². The molecule has 0 aliphatic heterocycles. The van der Waals surface area contributed by atoms with Crippen molar-refractivity contribution < 1.29 is 13.6 Å². The molecule has 2 rings (SSSR count). The van der Waals surface area contributed by atoms with Crippen molar-refractivity contribution in [2.75, 3.05) is 10.7 Å². The fourth-order valence-electron chi connectivity index (χ4n) is 1.48. The Morgan fingerprint density at radius 3 is 2.26 bits per heavy atom. The van der Waals surface area contributed by atoms with E-state index in [1.54, 1.807) is 12.1 Å². The number of nitrogens with zero attached hydrogens (tertiary/aromatic N) is 1. The Kier molecular flexibility index (Phi) is 3.67. The molecule has 0 radical (unpaired) electrons. The number of amides is 1. The smallest absolute Gasteiger partial charge is 0.255 e. The van der Waals surface area contributed by atoms with E-state index in [0.29, 0.717) is 5.69 Å². The van der Waals surface area contributed by atoms with Crippen LogP contribution >= 0.6 is 0 Å². The van der Waals surface area contributed by atoms with Crippen LogP contribution in [0.5, 0.6) is 0 Å². The van der Waals surface area contributed by atoms with Crippen LogP contribution in [0, 0.1) is 11.6 Å². The van der Waals surface area contributed by atoms with Gasteiger partial charge in [-0.1, -0.05) is 0 Å². The van der Waals surface area contributed by atoms with Crippen molar-refractivity contribution in [3.8, 4) is 0 Å². The molecule has 4 N–H and O–H groups in total. The minimum Gasteiger partial charge on any atom is -0.322 e. The summed E-state index contributed by atoms with van der Waals surface area (Å²) in [6.07, 6.45) is 2.97. The Balaban J connectivity index is 2.25. The summed E-state index contributed by atoms with van der Waals surface area (Å²) >= 11 is 0. The first-order chi connectivity index (χ1) is 9.11. The van der Waals surface area contributed by atoms with Crippen molar-refractivity contribution in [2.24, 2.45) is 5.84 Å². The predicted molar refractivity (Wildman–Crippen MR) is 66.4 cm³/mol. The number of hydrazine groups is 1. The standard InChI is InChI=1S/C12H10F2N4O/c13-9-5-7(6-10(14)11(9)18-15)12(19)17-8-1-3-16-4-2-8/h1-6,18H,15H2,(H,16,17,19). The maximum absolute atomic E-state index is 13.4. The number of aromatic nitrogens is 1. The summed E-state index contributed by atoms with van der Waals surface area (Å²) in [5.74, 6) is 2.45. The molecule has 0 aliphatic rings. The van der Waals surface area contributed by atoms with Crippen LogP contribution in [0.4, 0.5) is 20.2 Å². The number of halogens is 2. The zero-order valence-electron chi connectivity index (χ0n) is 9.65. The zero-order chi connectivity index (χ0) is 13.8. The molecule has 19 heavy (non-hydrogen) atoms. The molecule has 7 heteroatoms. The molecule has 0 unspecified atom stereocenters. The Morgan fingerprint density at radius 2 is 1.74 bits per heavy atom. The van der Waals surface area contributed by atoms with Gasteiger partial charge in [0.2, 0.25) is 0 Å². The van der Waals surface area contributed by atoms with Crippen LogP contribution in [0.15, 0.2) is 36.7 Å². The van der Waals surface area contributed by atoms with Crippen molar-refractivity contribution in [1.82, 2.24) is 4.98 Å². The minimum atomic E-state index is -0.942. The number of rotatable bonds is 3. The van der Waals surface area contributed by atoms with Gasteiger partial charge in [-0.15, -0.1) is 0 Å².